The fourth-order valence-corrected chi connectivity index (χ4v) is 3.90. The first-order valence-corrected chi connectivity index (χ1v) is 9.55. The highest BCUT2D eigenvalue weighted by atomic mass is 16.5. The van der Waals surface area contributed by atoms with Gasteiger partial charge in [0.05, 0.1) is 0 Å². The Hall–Kier alpha value is -2.92. The van der Waals surface area contributed by atoms with E-state index in [0.29, 0.717) is 24.2 Å². The molecule has 1 atom stereocenters. The number of hydrogen-bond donors (Lipinski definition) is 2. The van der Waals surface area contributed by atoms with Gasteiger partial charge in [-0.2, -0.15) is 4.98 Å². The van der Waals surface area contributed by atoms with Crippen LogP contribution in [0.2, 0.25) is 0 Å². The van der Waals surface area contributed by atoms with Crippen molar-refractivity contribution in [2.45, 2.75) is 31.7 Å². The normalized spacial score (nSPS) is 17.0. The number of hydrogen-bond acceptors (Lipinski definition) is 4. The topological polar surface area (TPSA) is 66.7 Å². The zero-order valence-electron chi connectivity index (χ0n) is 15.1. The summed E-state index contributed by atoms with van der Waals surface area (Å²) in [5, 5.41) is 8.97. The Balaban J connectivity index is 1.41. The molecule has 2 N–H and O–H groups in total. The molecule has 1 aliphatic rings. The standard InChI is InChI=1S/C22H22N4O/c1-2-5-15(6-3-1)11-21-25-22(27-26-21)16-8-9-20-19(13-16)17(14-24-20)12-18-7-4-10-23-18/h1-3,5-6,8-9,13-14,18,23-24H,4,7,10-12H2/t18-/m1/s1. The smallest absolute Gasteiger partial charge is 0.257 e. The van der Waals surface area contributed by atoms with E-state index in [1.807, 2.05) is 24.3 Å². The van der Waals surface area contributed by atoms with Crippen LogP contribution in [0, 0.1) is 0 Å². The third-order valence-electron chi connectivity index (χ3n) is 5.32. The maximum Gasteiger partial charge on any atom is 0.257 e. The highest BCUT2D eigenvalue weighted by Gasteiger charge is 2.17. The average molecular weight is 358 g/mol. The molecule has 2 aromatic heterocycles. The summed E-state index contributed by atoms with van der Waals surface area (Å²) in [5.41, 5.74) is 4.64. The van der Waals surface area contributed by atoms with Gasteiger partial charge >= 0.3 is 0 Å². The van der Waals surface area contributed by atoms with Crippen molar-refractivity contribution in [1.82, 2.24) is 20.4 Å². The third-order valence-corrected chi connectivity index (χ3v) is 5.32. The molecule has 1 fully saturated rings. The lowest BCUT2D eigenvalue weighted by Gasteiger charge is -2.08. The molecule has 0 spiro atoms. The molecule has 0 unspecified atom stereocenters. The fourth-order valence-electron chi connectivity index (χ4n) is 3.90. The van der Waals surface area contributed by atoms with Crippen LogP contribution in [0.3, 0.4) is 0 Å². The SMILES string of the molecule is c1ccc(Cc2noc(-c3ccc4[nH]cc(C[C@H]5CCCN5)c4c3)n2)cc1. The number of aromatic amines is 1. The van der Waals surface area contributed by atoms with E-state index >= 15 is 0 Å². The molecule has 4 aromatic rings. The summed E-state index contributed by atoms with van der Waals surface area (Å²) in [6.07, 6.45) is 6.37. The molecule has 0 amide bonds. The minimum atomic E-state index is 0.577. The van der Waals surface area contributed by atoms with Gasteiger partial charge in [-0.15, -0.1) is 0 Å². The van der Waals surface area contributed by atoms with E-state index in [4.69, 9.17) is 4.52 Å². The summed E-state index contributed by atoms with van der Waals surface area (Å²) in [6, 6.07) is 17.1. The van der Waals surface area contributed by atoms with Gasteiger partial charge in [-0.1, -0.05) is 35.5 Å². The van der Waals surface area contributed by atoms with Gasteiger partial charge in [0, 0.05) is 35.1 Å². The van der Waals surface area contributed by atoms with Crippen LogP contribution in [-0.4, -0.2) is 27.7 Å². The minimum Gasteiger partial charge on any atom is -0.361 e. The molecule has 3 heterocycles. The first-order valence-electron chi connectivity index (χ1n) is 9.55. The Morgan fingerprint density at radius 3 is 2.89 bits per heavy atom. The van der Waals surface area contributed by atoms with Crippen LogP contribution in [0.25, 0.3) is 22.4 Å². The van der Waals surface area contributed by atoms with Gasteiger partial charge in [-0.05, 0) is 55.1 Å². The monoisotopic (exact) mass is 358 g/mol. The maximum atomic E-state index is 5.54. The van der Waals surface area contributed by atoms with E-state index in [2.05, 4.69) is 50.9 Å². The van der Waals surface area contributed by atoms with Crippen molar-refractivity contribution in [3.63, 3.8) is 0 Å². The molecule has 1 saturated heterocycles. The van der Waals surface area contributed by atoms with Gasteiger partial charge in [-0.3, -0.25) is 0 Å². The lowest BCUT2D eigenvalue weighted by Crippen LogP contribution is -2.23. The Labute approximate surface area is 157 Å². The molecule has 5 heteroatoms. The predicted octanol–water partition coefficient (Wildman–Crippen LogP) is 4.10. The van der Waals surface area contributed by atoms with Crippen molar-refractivity contribution in [1.29, 1.82) is 0 Å². The molecule has 1 aliphatic heterocycles. The van der Waals surface area contributed by atoms with Crippen LogP contribution in [0.5, 0.6) is 0 Å². The predicted molar refractivity (Wildman–Crippen MR) is 106 cm³/mol. The summed E-state index contributed by atoms with van der Waals surface area (Å²) >= 11 is 0. The first kappa shape index (κ1) is 16.3. The van der Waals surface area contributed by atoms with E-state index in [1.54, 1.807) is 0 Å². The van der Waals surface area contributed by atoms with Gasteiger partial charge in [0.2, 0.25) is 0 Å². The van der Waals surface area contributed by atoms with E-state index in [0.717, 1.165) is 24.0 Å². The van der Waals surface area contributed by atoms with Crippen molar-refractivity contribution < 1.29 is 4.52 Å². The van der Waals surface area contributed by atoms with E-state index in [9.17, 15) is 0 Å². The molecule has 5 rings (SSSR count). The number of H-pyrrole nitrogens is 1. The van der Waals surface area contributed by atoms with Crippen molar-refractivity contribution in [2.24, 2.45) is 0 Å². The summed E-state index contributed by atoms with van der Waals surface area (Å²) < 4.78 is 5.54. The van der Waals surface area contributed by atoms with Crippen molar-refractivity contribution in [3.8, 4) is 11.5 Å². The van der Waals surface area contributed by atoms with E-state index in [-0.39, 0.29) is 0 Å². The lowest BCUT2D eigenvalue weighted by molar-refractivity contribution is 0.424. The molecule has 136 valence electrons. The molecule has 0 saturated carbocycles. The third kappa shape index (κ3) is 3.38. The second-order valence-corrected chi connectivity index (χ2v) is 7.25. The Bertz CT molecular complexity index is 1040. The second-order valence-electron chi connectivity index (χ2n) is 7.25. The summed E-state index contributed by atoms with van der Waals surface area (Å²) in [6.45, 7) is 1.13. The van der Waals surface area contributed by atoms with Crippen LogP contribution in [0.4, 0.5) is 0 Å². The van der Waals surface area contributed by atoms with Crippen LogP contribution < -0.4 is 5.32 Å². The van der Waals surface area contributed by atoms with E-state index in [1.165, 1.54) is 29.4 Å². The fraction of sp³-hybridized carbons (Fsp3) is 0.273. The van der Waals surface area contributed by atoms with Crippen molar-refractivity contribution in [2.75, 3.05) is 6.54 Å². The minimum absolute atomic E-state index is 0.577. The number of aromatic nitrogens is 3. The molecule has 0 radical (unpaired) electrons. The summed E-state index contributed by atoms with van der Waals surface area (Å²) in [7, 11) is 0. The molecule has 0 bridgehead atoms. The van der Waals surface area contributed by atoms with Crippen LogP contribution in [0.1, 0.15) is 29.8 Å². The molecule has 5 nitrogen and oxygen atoms in total. The Morgan fingerprint density at radius 1 is 1.11 bits per heavy atom. The maximum absolute atomic E-state index is 5.54. The van der Waals surface area contributed by atoms with Crippen molar-refractivity contribution in [3.05, 3.63) is 71.7 Å². The van der Waals surface area contributed by atoms with Gasteiger partial charge in [0.25, 0.3) is 5.89 Å². The zero-order valence-corrected chi connectivity index (χ0v) is 15.1. The molecular formula is C22H22N4O. The Morgan fingerprint density at radius 2 is 2.04 bits per heavy atom. The number of rotatable bonds is 5. The number of benzene rings is 2. The zero-order chi connectivity index (χ0) is 18.1. The quantitative estimate of drug-likeness (QED) is 0.564. The number of nitrogens with one attached hydrogen (secondary N) is 2. The molecule has 2 aromatic carbocycles. The van der Waals surface area contributed by atoms with Crippen LogP contribution in [0.15, 0.2) is 59.3 Å². The van der Waals surface area contributed by atoms with Crippen molar-refractivity contribution >= 4 is 10.9 Å². The summed E-state index contributed by atoms with van der Waals surface area (Å²) in [5.74, 6) is 1.29. The largest absolute Gasteiger partial charge is 0.361 e. The Kier molecular flexibility index (Phi) is 4.22. The van der Waals surface area contributed by atoms with Crippen LogP contribution in [-0.2, 0) is 12.8 Å². The lowest BCUT2D eigenvalue weighted by atomic mass is 10.0. The van der Waals surface area contributed by atoms with E-state index < -0.39 is 0 Å². The number of fused-ring (bicyclic) bond motifs is 1. The van der Waals surface area contributed by atoms with Gasteiger partial charge in [0.15, 0.2) is 5.82 Å². The summed E-state index contributed by atoms with van der Waals surface area (Å²) in [4.78, 5) is 7.98. The average Bonchev–Trinajstić information content (AvgIpc) is 3.45. The second kappa shape index (κ2) is 7.00. The molecule has 0 aliphatic carbocycles. The number of nitrogens with zero attached hydrogens (tertiary/aromatic N) is 2. The van der Waals surface area contributed by atoms with Gasteiger partial charge < -0.3 is 14.8 Å². The highest BCUT2D eigenvalue weighted by molar-refractivity contribution is 5.87. The molecular weight excluding hydrogens is 336 g/mol. The molecule has 27 heavy (non-hydrogen) atoms. The van der Waals surface area contributed by atoms with Crippen LogP contribution >= 0.6 is 0 Å². The van der Waals surface area contributed by atoms with Gasteiger partial charge in [-0.25, -0.2) is 0 Å². The highest BCUT2D eigenvalue weighted by Crippen LogP contribution is 2.27. The van der Waals surface area contributed by atoms with Gasteiger partial charge in [0.1, 0.15) is 0 Å². The first-order chi connectivity index (χ1) is 13.3.